The van der Waals surface area contributed by atoms with Crippen molar-refractivity contribution in [2.24, 2.45) is 0 Å². The lowest BCUT2D eigenvalue weighted by molar-refractivity contribution is -0.137. The van der Waals surface area contributed by atoms with Gasteiger partial charge in [-0.25, -0.2) is 0 Å². The summed E-state index contributed by atoms with van der Waals surface area (Å²) in [6.45, 7) is 0.558. The van der Waals surface area contributed by atoms with Crippen molar-refractivity contribution in [3.63, 3.8) is 0 Å². The zero-order valence-corrected chi connectivity index (χ0v) is 20.6. The highest BCUT2D eigenvalue weighted by Gasteiger charge is 2.37. The maximum atomic E-state index is 12.9. The van der Waals surface area contributed by atoms with Gasteiger partial charge in [-0.3, -0.25) is 14.5 Å². The molecular weight excluding hydrogens is 487 g/mol. The molecule has 4 rings (SSSR count). The number of methoxy groups -OCH3 is 1. The summed E-state index contributed by atoms with van der Waals surface area (Å²) in [6, 6.07) is 12.0. The number of amides is 2. The molecule has 0 radical (unpaired) electrons. The van der Waals surface area contributed by atoms with Crippen LogP contribution in [0.25, 0.3) is 0 Å². The lowest BCUT2D eigenvalue weighted by Gasteiger charge is -2.34. The van der Waals surface area contributed by atoms with Crippen molar-refractivity contribution in [3.8, 4) is 5.75 Å². The number of aliphatic hydroxyl groups is 1. The van der Waals surface area contributed by atoms with Crippen molar-refractivity contribution in [2.45, 2.75) is 56.0 Å². The number of ether oxygens (including phenoxy) is 1. The van der Waals surface area contributed by atoms with Crippen molar-refractivity contribution >= 4 is 11.8 Å². The zero-order chi connectivity index (χ0) is 26.6. The fourth-order valence-corrected chi connectivity index (χ4v) is 5.28. The van der Waals surface area contributed by atoms with Crippen molar-refractivity contribution in [1.82, 2.24) is 15.5 Å². The van der Waals surface area contributed by atoms with Crippen LogP contribution in [0.3, 0.4) is 0 Å². The van der Waals surface area contributed by atoms with Crippen LogP contribution in [0.5, 0.6) is 5.75 Å². The van der Waals surface area contributed by atoms with Gasteiger partial charge in [0, 0.05) is 24.7 Å². The molecule has 0 unspecified atom stereocenters. The fourth-order valence-electron chi connectivity index (χ4n) is 5.28. The number of carbonyl (C=O) groups excluding carboxylic acids is 2. The third-order valence-corrected chi connectivity index (χ3v) is 7.30. The Kier molecular flexibility index (Phi) is 8.39. The summed E-state index contributed by atoms with van der Waals surface area (Å²) < 4.78 is 44.0. The van der Waals surface area contributed by atoms with Crippen LogP contribution in [0, 0.1) is 0 Å². The van der Waals surface area contributed by atoms with Crippen molar-refractivity contribution in [2.75, 3.05) is 26.7 Å². The lowest BCUT2D eigenvalue weighted by atomic mass is 9.81. The Morgan fingerprint density at radius 2 is 1.78 bits per heavy atom. The van der Waals surface area contributed by atoms with E-state index < -0.39 is 42.2 Å². The molecule has 37 heavy (non-hydrogen) atoms. The Morgan fingerprint density at radius 1 is 1.05 bits per heavy atom. The van der Waals surface area contributed by atoms with Crippen LogP contribution in [-0.2, 0) is 11.0 Å². The molecule has 2 aromatic rings. The van der Waals surface area contributed by atoms with Crippen LogP contribution in [-0.4, -0.2) is 66.8 Å². The quantitative estimate of drug-likeness (QED) is 0.522. The molecule has 7 nitrogen and oxygen atoms in total. The number of likely N-dealkylation sites (tertiary alicyclic amines) is 1. The average molecular weight is 520 g/mol. The summed E-state index contributed by atoms with van der Waals surface area (Å²) in [6.07, 6.45) is -1.26. The van der Waals surface area contributed by atoms with Gasteiger partial charge in [0.25, 0.3) is 5.91 Å². The monoisotopic (exact) mass is 519 g/mol. The molecular formula is C27H32F3N3O4. The van der Waals surface area contributed by atoms with Gasteiger partial charge in [0.05, 0.1) is 31.4 Å². The SMILES string of the molecule is COc1cccc(C2CCC(N3C[C@@H](O)[C@@H](NC(=O)CNC(=O)c4cccc(C(F)(F)F)c4)C3)CC2)c1. The molecule has 0 spiro atoms. The third kappa shape index (κ3) is 6.81. The van der Waals surface area contributed by atoms with E-state index in [2.05, 4.69) is 27.7 Å². The number of rotatable bonds is 7. The van der Waals surface area contributed by atoms with Crippen LogP contribution in [0.1, 0.15) is 53.1 Å². The molecule has 1 saturated heterocycles. The highest BCUT2D eigenvalue weighted by atomic mass is 19.4. The summed E-state index contributed by atoms with van der Waals surface area (Å²) in [5, 5.41) is 15.6. The number of hydrogen-bond donors (Lipinski definition) is 3. The van der Waals surface area contributed by atoms with E-state index in [1.165, 1.54) is 11.6 Å². The smallest absolute Gasteiger partial charge is 0.416 e. The van der Waals surface area contributed by atoms with Gasteiger partial charge in [0.15, 0.2) is 0 Å². The van der Waals surface area contributed by atoms with E-state index in [0.717, 1.165) is 49.6 Å². The second-order valence-electron chi connectivity index (χ2n) is 9.74. The number of aliphatic hydroxyl groups excluding tert-OH is 1. The number of nitrogens with one attached hydrogen (secondary N) is 2. The first-order valence-corrected chi connectivity index (χ1v) is 12.4. The fraction of sp³-hybridized carbons (Fsp3) is 0.481. The Morgan fingerprint density at radius 3 is 2.49 bits per heavy atom. The van der Waals surface area contributed by atoms with Crippen LogP contribution < -0.4 is 15.4 Å². The van der Waals surface area contributed by atoms with Gasteiger partial charge in [-0.05, 0) is 67.5 Å². The lowest BCUT2D eigenvalue weighted by Crippen LogP contribution is -2.47. The molecule has 1 aliphatic heterocycles. The van der Waals surface area contributed by atoms with Crippen LogP contribution in [0.4, 0.5) is 13.2 Å². The first-order valence-electron chi connectivity index (χ1n) is 12.4. The van der Waals surface area contributed by atoms with E-state index in [-0.39, 0.29) is 5.56 Å². The van der Waals surface area contributed by atoms with Gasteiger partial charge >= 0.3 is 6.18 Å². The minimum atomic E-state index is -4.56. The highest BCUT2D eigenvalue weighted by molar-refractivity contribution is 5.96. The van der Waals surface area contributed by atoms with Gasteiger partial charge < -0.3 is 20.5 Å². The van der Waals surface area contributed by atoms with E-state index >= 15 is 0 Å². The number of halogens is 3. The highest BCUT2D eigenvalue weighted by Crippen LogP contribution is 2.36. The van der Waals surface area contributed by atoms with Gasteiger partial charge in [-0.1, -0.05) is 18.2 Å². The summed E-state index contributed by atoms with van der Waals surface area (Å²) in [4.78, 5) is 26.8. The molecule has 1 heterocycles. The van der Waals surface area contributed by atoms with E-state index in [1.807, 2.05) is 12.1 Å². The second-order valence-corrected chi connectivity index (χ2v) is 9.74. The molecule has 1 aliphatic carbocycles. The molecule has 2 amide bonds. The molecule has 0 bridgehead atoms. The van der Waals surface area contributed by atoms with Gasteiger partial charge in [0.2, 0.25) is 5.91 Å². The molecule has 2 aliphatic rings. The molecule has 2 aromatic carbocycles. The molecule has 200 valence electrons. The summed E-state index contributed by atoms with van der Waals surface area (Å²) >= 11 is 0. The first-order chi connectivity index (χ1) is 17.6. The predicted molar refractivity (Wildman–Crippen MR) is 131 cm³/mol. The normalized spacial score (nSPS) is 24.5. The van der Waals surface area contributed by atoms with Crippen LogP contribution in [0.2, 0.25) is 0 Å². The second kappa shape index (κ2) is 11.5. The molecule has 10 heteroatoms. The average Bonchev–Trinajstić information content (AvgIpc) is 3.26. The van der Waals surface area contributed by atoms with Crippen molar-refractivity contribution < 1.29 is 32.6 Å². The minimum Gasteiger partial charge on any atom is -0.497 e. The summed E-state index contributed by atoms with van der Waals surface area (Å²) in [5.74, 6) is 0.0392. The predicted octanol–water partition coefficient (Wildman–Crippen LogP) is 3.33. The topological polar surface area (TPSA) is 90.9 Å². The summed E-state index contributed by atoms with van der Waals surface area (Å²) in [7, 11) is 1.66. The number of carbonyl (C=O) groups is 2. The standard InChI is InChI=1S/C27H32F3N3O4/c1-37-22-7-3-4-18(13-22)17-8-10-21(11-9-17)33-15-23(24(34)16-33)32-25(35)14-31-26(36)19-5-2-6-20(12-19)27(28,29)30/h2-7,12-13,17,21,23-24,34H,8-11,14-16H2,1H3,(H,31,36)(H,32,35)/t17?,21?,23-,24+/m0/s1. The zero-order valence-electron chi connectivity index (χ0n) is 20.6. The van der Waals surface area contributed by atoms with Crippen molar-refractivity contribution in [3.05, 3.63) is 65.2 Å². The molecule has 2 atom stereocenters. The molecule has 0 aromatic heterocycles. The van der Waals surface area contributed by atoms with E-state index in [4.69, 9.17) is 4.74 Å². The molecule has 1 saturated carbocycles. The minimum absolute atomic E-state index is 0.181. The number of alkyl halides is 3. The Hall–Kier alpha value is -3.11. The molecule has 3 N–H and O–H groups in total. The maximum absolute atomic E-state index is 12.9. The Balaban J connectivity index is 1.23. The number of β-amino-alcohol motifs (C(OH)–C–C–N with tert-alkyl or cyclic N) is 1. The maximum Gasteiger partial charge on any atom is 0.416 e. The van der Waals surface area contributed by atoms with Crippen molar-refractivity contribution in [1.29, 1.82) is 0 Å². The third-order valence-electron chi connectivity index (χ3n) is 7.30. The van der Waals surface area contributed by atoms with Crippen LogP contribution >= 0.6 is 0 Å². The summed E-state index contributed by atoms with van der Waals surface area (Å²) in [5.41, 5.74) is 0.159. The van der Waals surface area contributed by atoms with Gasteiger partial charge in [-0.2, -0.15) is 13.2 Å². The largest absolute Gasteiger partial charge is 0.497 e. The van der Waals surface area contributed by atoms with Gasteiger partial charge in [0.1, 0.15) is 5.75 Å². The van der Waals surface area contributed by atoms with E-state index in [0.29, 0.717) is 25.0 Å². The van der Waals surface area contributed by atoms with E-state index in [1.54, 1.807) is 7.11 Å². The number of nitrogens with zero attached hydrogens (tertiary/aromatic N) is 1. The Bertz CT molecular complexity index is 1100. The number of hydrogen-bond acceptors (Lipinski definition) is 5. The Labute approximate surface area is 214 Å². The number of benzene rings is 2. The van der Waals surface area contributed by atoms with E-state index in [9.17, 15) is 27.9 Å². The first kappa shape index (κ1) is 26.9. The van der Waals surface area contributed by atoms with Crippen LogP contribution in [0.15, 0.2) is 48.5 Å². The molecule has 2 fully saturated rings. The van der Waals surface area contributed by atoms with Gasteiger partial charge in [-0.15, -0.1) is 0 Å².